The topological polar surface area (TPSA) is 102 Å². The Hall–Kier alpha value is -2.58. The Morgan fingerprint density at radius 3 is 2.75 bits per heavy atom. The summed E-state index contributed by atoms with van der Waals surface area (Å²) in [5, 5.41) is 4.88. The lowest BCUT2D eigenvalue weighted by Crippen LogP contribution is -2.27. The molecule has 7 nitrogen and oxygen atoms in total. The normalized spacial score (nSPS) is 14.5. The molecule has 2 aromatic rings. The highest BCUT2D eigenvalue weighted by Gasteiger charge is 2.28. The number of nitrogens with one attached hydrogen (secondary N) is 2. The van der Waals surface area contributed by atoms with Crippen LogP contribution in [0.4, 0.5) is 11.4 Å². The Bertz CT molecular complexity index is 1050. The van der Waals surface area contributed by atoms with Crippen LogP contribution >= 0.6 is 11.6 Å². The van der Waals surface area contributed by atoms with Gasteiger partial charge < -0.3 is 15.4 Å². The van der Waals surface area contributed by atoms with Crippen molar-refractivity contribution in [3.05, 3.63) is 47.0 Å². The van der Waals surface area contributed by atoms with E-state index in [9.17, 15) is 18.0 Å². The fourth-order valence-corrected chi connectivity index (χ4v) is 4.41. The summed E-state index contributed by atoms with van der Waals surface area (Å²) < 4.78 is 30.9. The fraction of sp³-hybridized carbons (Fsp3) is 0.263. The Balaban J connectivity index is 1.74. The molecule has 2 aromatic carbocycles. The molecule has 3 rings (SSSR count). The molecule has 2 N–H and O–H groups in total. The number of hydrogen-bond acceptors (Lipinski definition) is 5. The van der Waals surface area contributed by atoms with Crippen molar-refractivity contribution in [3.63, 3.8) is 0 Å². The number of fused-ring (bicyclic) bond motifs is 1. The van der Waals surface area contributed by atoms with E-state index in [-0.39, 0.29) is 23.8 Å². The minimum Gasteiger partial charge on any atom is -0.482 e. The number of sulfone groups is 1. The second-order valence-corrected chi connectivity index (χ2v) is 9.36. The third-order valence-corrected chi connectivity index (χ3v) is 6.75. The van der Waals surface area contributed by atoms with Gasteiger partial charge in [-0.1, -0.05) is 11.6 Å². The summed E-state index contributed by atoms with van der Waals surface area (Å²) in [6.45, 7) is 3.16. The van der Waals surface area contributed by atoms with Gasteiger partial charge in [0.05, 0.1) is 15.8 Å². The van der Waals surface area contributed by atoms with E-state index in [1.54, 1.807) is 25.1 Å². The van der Waals surface area contributed by atoms with E-state index >= 15 is 0 Å². The highest BCUT2D eigenvalue weighted by Crippen LogP contribution is 2.31. The van der Waals surface area contributed by atoms with Crippen LogP contribution in [0.3, 0.4) is 0 Å². The highest BCUT2D eigenvalue weighted by molar-refractivity contribution is 7.92. The van der Waals surface area contributed by atoms with E-state index in [1.807, 2.05) is 0 Å². The summed E-state index contributed by atoms with van der Waals surface area (Å²) in [7, 11) is -3.78. The highest BCUT2D eigenvalue weighted by atomic mass is 35.5. The van der Waals surface area contributed by atoms with Crippen molar-refractivity contribution in [2.24, 2.45) is 0 Å². The van der Waals surface area contributed by atoms with Crippen molar-refractivity contribution < 1.29 is 22.7 Å². The monoisotopic (exact) mass is 422 g/mol. The Kier molecular flexibility index (Phi) is 5.62. The first-order valence-corrected chi connectivity index (χ1v) is 10.5. The van der Waals surface area contributed by atoms with Gasteiger partial charge in [0.2, 0.25) is 5.91 Å². The number of aryl methyl sites for hydroxylation is 1. The number of carbonyl (C=O) groups excluding carboxylic acids is 2. The zero-order valence-electron chi connectivity index (χ0n) is 15.3. The second kappa shape index (κ2) is 7.81. The summed E-state index contributed by atoms with van der Waals surface area (Å²) in [5.41, 5.74) is 1.65. The molecule has 0 aliphatic carbocycles. The molecule has 0 saturated heterocycles. The van der Waals surface area contributed by atoms with Crippen LogP contribution in [0, 0.1) is 6.92 Å². The molecular weight excluding hydrogens is 404 g/mol. The fourth-order valence-electron chi connectivity index (χ4n) is 2.81. The van der Waals surface area contributed by atoms with Crippen molar-refractivity contribution in [1.29, 1.82) is 0 Å². The number of hydrogen-bond donors (Lipinski definition) is 2. The van der Waals surface area contributed by atoms with Crippen LogP contribution in [0.15, 0.2) is 41.3 Å². The molecule has 0 fully saturated rings. The van der Waals surface area contributed by atoms with E-state index in [0.29, 0.717) is 22.1 Å². The van der Waals surface area contributed by atoms with Crippen molar-refractivity contribution in [2.45, 2.75) is 30.4 Å². The largest absolute Gasteiger partial charge is 0.482 e. The van der Waals surface area contributed by atoms with Gasteiger partial charge in [0.15, 0.2) is 16.4 Å². The summed E-state index contributed by atoms with van der Waals surface area (Å²) in [4.78, 5) is 23.8. The predicted octanol–water partition coefficient (Wildman–Crippen LogP) is 3.17. The molecule has 148 valence electrons. The maximum atomic E-state index is 12.8. The van der Waals surface area contributed by atoms with Crippen LogP contribution in [0.25, 0.3) is 0 Å². The zero-order chi connectivity index (χ0) is 20.5. The molecule has 0 bridgehead atoms. The standard InChI is InChI=1S/C19H19ClN2O5S/c1-11-7-13(20)3-5-15(11)21-18(23)8-12(2)28(25,26)14-4-6-17-16(9-14)22-19(24)10-27-17/h3-7,9,12H,8,10H2,1-2H3,(H,21,23)(H,22,24)/t12-/m1/s1. The van der Waals surface area contributed by atoms with Crippen molar-refractivity contribution >= 4 is 44.6 Å². The van der Waals surface area contributed by atoms with Gasteiger partial charge in [-0.05, 0) is 55.8 Å². The smallest absolute Gasteiger partial charge is 0.262 e. The van der Waals surface area contributed by atoms with E-state index < -0.39 is 21.0 Å². The first-order chi connectivity index (χ1) is 13.2. The second-order valence-electron chi connectivity index (χ2n) is 6.56. The van der Waals surface area contributed by atoms with Gasteiger partial charge in [0, 0.05) is 17.1 Å². The number of rotatable bonds is 5. The molecule has 0 spiro atoms. The summed E-state index contributed by atoms with van der Waals surface area (Å²) in [6.07, 6.45) is -0.218. The number of ether oxygens (including phenoxy) is 1. The maximum Gasteiger partial charge on any atom is 0.262 e. The van der Waals surface area contributed by atoms with Crippen molar-refractivity contribution in [1.82, 2.24) is 0 Å². The van der Waals surface area contributed by atoms with E-state index in [4.69, 9.17) is 16.3 Å². The van der Waals surface area contributed by atoms with Crippen molar-refractivity contribution in [3.8, 4) is 5.75 Å². The Morgan fingerprint density at radius 2 is 2.04 bits per heavy atom. The van der Waals surface area contributed by atoms with E-state index in [1.165, 1.54) is 25.1 Å². The molecule has 1 aliphatic rings. The van der Waals surface area contributed by atoms with Crippen LogP contribution in [-0.2, 0) is 19.4 Å². The van der Waals surface area contributed by atoms with E-state index in [2.05, 4.69) is 10.6 Å². The van der Waals surface area contributed by atoms with Gasteiger partial charge in [-0.3, -0.25) is 9.59 Å². The molecule has 0 unspecified atom stereocenters. The molecule has 9 heteroatoms. The lowest BCUT2D eigenvalue weighted by Gasteiger charge is -2.19. The molecule has 1 aliphatic heterocycles. The molecule has 1 atom stereocenters. The lowest BCUT2D eigenvalue weighted by molar-refractivity contribution is -0.118. The zero-order valence-corrected chi connectivity index (χ0v) is 16.9. The first-order valence-electron chi connectivity index (χ1n) is 8.53. The molecular formula is C19H19ClN2O5S. The minimum absolute atomic E-state index is 0.0139. The minimum atomic E-state index is -3.78. The Morgan fingerprint density at radius 1 is 1.29 bits per heavy atom. The first kappa shape index (κ1) is 20.2. The van der Waals surface area contributed by atoms with Gasteiger partial charge in [-0.15, -0.1) is 0 Å². The third kappa shape index (κ3) is 4.28. The lowest BCUT2D eigenvalue weighted by atomic mass is 10.2. The van der Waals surface area contributed by atoms with Gasteiger partial charge in [0.1, 0.15) is 5.75 Å². The molecule has 28 heavy (non-hydrogen) atoms. The average molecular weight is 423 g/mol. The maximum absolute atomic E-state index is 12.8. The molecule has 2 amide bonds. The molecule has 0 aromatic heterocycles. The van der Waals surface area contributed by atoms with Crippen LogP contribution in [0.5, 0.6) is 5.75 Å². The third-order valence-electron chi connectivity index (χ3n) is 4.38. The number of amides is 2. The molecule has 0 saturated carbocycles. The Labute approximate surface area is 168 Å². The number of halogens is 1. The SMILES string of the molecule is Cc1cc(Cl)ccc1NC(=O)C[C@@H](C)S(=O)(=O)c1ccc2c(c1)NC(=O)CO2. The van der Waals surface area contributed by atoms with Crippen LogP contribution in [-0.4, -0.2) is 32.1 Å². The van der Waals surface area contributed by atoms with Gasteiger partial charge in [0.25, 0.3) is 5.91 Å². The van der Waals surface area contributed by atoms with Gasteiger partial charge in [-0.2, -0.15) is 0 Å². The van der Waals surface area contributed by atoms with Crippen LogP contribution < -0.4 is 15.4 Å². The summed E-state index contributed by atoms with van der Waals surface area (Å²) >= 11 is 5.90. The number of anilines is 2. The van der Waals surface area contributed by atoms with Gasteiger partial charge in [-0.25, -0.2) is 8.42 Å². The average Bonchev–Trinajstić information content (AvgIpc) is 2.63. The van der Waals surface area contributed by atoms with Crippen LogP contribution in [0.2, 0.25) is 5.02 Å². The molecule has 1 heterocycles. The molecule has 0 radical (unpaired) electrons. The van der Waals surface area contributed by atoms with E-state index in [0.717, 1.165) is 5.56 Å². The number of carbonyl (C=O) groups is 2. The quantitative estimate of drug-likeness (QED) is 0.770. The number of benzene rings is 2. The van der Waals surface area contributed by atoms with Crippen LogP contribution in [0.1, 0.15) is 18.9 Å². The summed E-state index contributed by atoms with van der Waals surface area (Å²) in [6, 6.07) is 9.27. The summed E-state index contributed by atoms with van der Waals surface area (Å²) in [5.74, 6) is -0.369. The van der Waals surface area contributed by atoms with Gasteiger partial charge >= 0.3 is 0 Å². The van der Waals surface area contributed by atoms with Crippen molar-refractivity contribution in [2.75, 3.05) is 17.2 Å². The predicted molar refractivity (Wildman–Crippen MR) is 107 cm³/mol.